The molecule has 1 aromatic carbocycles. The molecule has 0 spiro atoms. The zero-order valence-electron chi connectivity index (χ0n) is 9.89. The van der Waals surface area contributed by atoms with Crippen LogP contribution in [0.15, 0.2) is 47.2 Å². The van der Waals surface area contributed by atoms with Gasteiger partial charge in [-0.2, -0.15) is 0 Å². The van der Waals surface area contributed by atoms with Crippen LogP contribution in [-0.4, -0.2) is 9.38 Å². The Balaban J connectivity index is 2.19. The maximum Gasteiger partial charge on any atom is 0.140 e. The highest BCUT2D eigenvalue weighted by atomic mass is 79.9. The van der Waals surface area contributed by atoms with Gasteiger partial charge >= 0.3 is 0 Å². The first-order valence-corrected chi connectivity index (χ1v) is 6.43. The Morgan fingerprint density at radius 2 is 1.89 bits per heavy atom. The number of nitrogens with zero attached hydrogens (tertiary/aromatic N) is 2. The predicted octanol–water partition coefficient (Wildman–Crippen LogP) is 3.65. The average molecular weight is 302 g/mol. The fourth-order valence-corrected chi connectivity index (χ4v) is 2.58. The number of fused-ring (bicyclic) bond motifs is 1. The van der Waals surface area contributed by atoms with E-state index >= 15 is 0 Å². The Morgan fingerprint density at radius 1 is 1.17 bits per heavy atom. The summed E-state index contributed by atoms with van der Waals surface area (Å²) in [6, 6.07) is 9.82. The van der Waals surface area contributed by atoms with Crippen molar-refractivity contribution >= 4 is 27.3 Å². The molecular formula is C14H12BrN3. The topological polar surface area (TPSA) is 43.3 Å². The van der Waals surface area contributed by atoms with Gasteiger partial charge in [0.25, 0.3) is 0 Å². The molecule has 0 aliphatic heterocycles. The van der Waals surface area contributed by atoms with E-state index < -0.39 is 0 Å². The third kappa shape index (κ3) is 1.88. The lowest BCUT2D eigenvalue weighted by molar-refractivity contribution is 1.15. The highest BCUT2D eigenvalue weighted by Gasteiger charge is 2.06. The van der Waals surface area contributed by atoms with Gasteiger partial charge in [-0.15, -0.1) is 0 Å². The smallest absolute Gasteiger partial charge is 0.140 e. The molecule has 18 heavy (non-hydrogen) atoms. The molecule has 0 aliphatic carbocycles. The van der Waals surface area contributed by atoms with Crippen LogP contribution in [0.1, 0.15) is 5.56 Å². The summed E-state index contributed by atoms with van der Waals surface area (Å²) in [5, 5.41) is 0. The van der Waals surface area contributed by atoms with E-state index in [1.165, 1.54) is 0 Å². The lowest BCUT2D eigenvalue weighted by Gasteiger charge is -1.97. The van der Waals surface area contributed by atoms with E-state index in [0.29, 0.717) is 0 Å². The summed E-state index contributed by atoms with van der Waals surface area (Å²) < 4.78 is 3.08. The van der Waals surface area contributed by atoms with Crippen LogP contribution in [-0.2, 0) is 0 Å². The van der Waals surface area contributed by atoms with Crippen molar-refractivity contribution in [3.8, 4) is 11.3 Å². The van der Waals surface area contributed by atoms with Gasteiger partial charge in [0.15, 0.2) is 0 Å². The van der Waals surface area contributed by atoms with Crippen LogP contribution < -0.4 is 5.73 Å². The molecule has 3 nitrogen and oxygen atoms in total. The van der Waals surface area contributed by atoms with Gasteiger partial charge in [-0.05, 0) is 46.6 Å². The van der Waals surface area contributed by atoms with Gasteiger partial charge in [0, 0.05) is 28.1 Å². The molecule has 2 heterocycles. The van der Waals surface area contributed by atoms with Crippen LogP contribution in [0.4, 0.5) is 5.69 Å². The van der Waals surface area contributed by atoms with Crippen LogP contribution >= 0.6 is 15.9 Å². The van der Waals surface area contributed by atoms with Crippen LogP contribution in [0.2, 0.25) is 0 Å². The van der Waals surface area contributed by atoms with Crippen LogP contribution in [0, 0.1) is 6.92 Å². The third-order valence-corrected chi connectivity index (χ3v) is 3.34. The maximum absolute atomic E-state index is 5.69. The molecule has 0 saturated heterocycles. The van der Waals surface area contributed by atoms with Crippen molar-refractivity contribution in [2.75, 3.05) is 5.73 Å². The Bertz CT molecular complexity index is 714. The first-order valence-electron chi connectivity index (χ1n) is 5.64. The van der Waals surface area contributed by atoms with E-state index in [2.05, 4.69) is 33.9 Å². The molecule has 0 amide bonds. The number of halogens is 1. The van der Waals surface area contributed by atoms with Crippen molar-refractivity contribution in [1.29, 1.82) is 0 Å². The summed E-state index contributed by atoms with van der Waals surface area (Å²) in [5.41, 5.74) is 10.6. The standard InChI is InChI=1S/C14H12BrN3/c1-9-6-11(15)7-18-8-13(17-14(9)18)10-2-4-12(16)5-3-10/h2-8H,16H2,1H3. The highest BCUT2D eigenvalue weighted by Crippen LogP contribution is 2.23. The second-order valence-electron chi connectivity index (χ2n) is 4.32. The molecule has 2 aromatic heterocycles. The summed E-state index contributed by atoms with van der Waals surface area (Å²) in [6.45, 7) is 2.06. The van der Waals surface area contributed by atoms with E-state index in [9.17, 15) is 0 Å². The highest BCUT2D eigenvalue weighted by molar-refractivity contribution is 9.10. The van der Waals surface area contributed by atoms with Gasteiger partial charge in [0.1, 0.15) is 5.65 Å². The lowest BCUT2D eigenvalue weighted by atomic mass is 10.1. The Morgan fingerprint density at radius 3 is 2.61 bits per heavy atom. The number of aromatic nitrogens is 2. The number of imidazole rings is 1. The number of pyridine rings is 1. The summed E-state index contributed by atoms with van der Waals surface area (Å²) in [6.07, 6.45) is 4.04. The molecule has 0 aliphatic rings. The number of nitrogen functional groups attached to an aromatic ring is 1. The van der Waals surface area contributed by atoms with Crippen LogP contribution in [0.3, 0.4) is 0 Å². The SMILES string of the molecule is Cc1cc(Br)cn2cc(-c3ccc(N)cc3)nc12. The quantitative estimate of drug-likeness (QED) is 0.697. The van der Waals surface area contributed by atoms with Crippen molar-refractivity contribution in [1.82, 2.24) is 9.38 Å². The average Bonchev–Trinajstić information content (AvgIpc) is 2.74. The van der Waals surface area contributed by atoms with E-state index in [4.69, 9.17) is 5.73 Å². The summed E-state index contributed by atoms with van der Waals surface area (Å²) in [4.78, 5) is 4.65. The number of hydrogen-bond acceptors (Lipinski definition) is 2. The molecular weight excluding hydrogens is 290 g/mol. The normalized spacial score (nSPS) is 11.0. The van der Waals surface area contributed by atoms with Gasteiger partial charge in [-0.25, -0.2) is 4.98 Å². The number of hydrogen-bond donors (Lipinski definition) is 1. The fraction of sp³-hybridized carbons (Fsp3) is 0.0714. The largest absolute Gasteiger partial charge is 0.399 e. The van der Waals surface area contributed by atoms with Gasteiger partial charge in [-0.3, -0.25) is 0 Å². The number of aryl methyl sites for hydroxylation is 1. The molecule has 0 bridgehead atoms. The van der Waals surface area contributed by atoms with Crippen molar-refractivity contribution in [2.24, 2.45) is 0 Å². The molecule has 0 fully saturated rings. The molecule has 90 valence electrons. The second-order valence-corrected chi connectivity index (χ2v) is 5.24. The van der Waals surface area contributed by atoms with Crippen LogP contribution in [0.5, 0.6) is 0 Å². The minimum Gasteiger partial charge on any atom is -0.399 e. The monoisotopic (exact) mass is 301 g/mol. The Labute approximate surface area is 113 Å². The molecule has 3 aromatic rings. The Hall–Kier alpha value is -1.81. The second kappa shape index (κ2) is 4.14. The van der Waals surface area contributed by atoms with Crippen molar-refractivity contribution in [3.63, 3.8) is 0 Å². The first kappa shape index (κ1) is 11.3. The minimum absolute atomic E-state index is 0.765. The minimum atomic E-state index is 0.765. The van der Waals surface area contributed by atoms with E-state index in [-0.39, 0.29) is 0 Å². The van der Waals surface area contributed by atoms with E-state index in [0.717, 1.165) is 32.6 Å². The summed E-state index contributed by atoms with van der Waals surface area (Å²) >= 11 is 3.49. The van der Waals surface area contributed by atoms with Gasteiger partial charge in [0.05, 0.1) is 5.69 Å². The van der Waals surface area contributed by atoms with Crippen LogP contribution in [0.25, 0.3) is 16.9 Å². The van der Waals surface area contributed by atoms with Crippen molar-refractivity contribution < 1.29 is 0 Å². The third-order valence-electron chi connectivity index (χ3n) is 2.91. The molecule has 0 saturated carbocycles. The summed E-state index contributed by atoms with van der Waals surface area (Å²) in [5.74, 6) is 0. The maximum atomic E-state index is 5.69. The Kier molecular flexibility index (Phi) is 2.59. The first-order chi connectivity index (χ1) is 8.63. The molecule has 0 unspecified atom stereocenters. The molecule has 0 radical (unpaired) electrons. The molecule has 2 N–H and O–H groups in total. The zero-order valence-corrected chi connectivity index (χ0v) is 11.5. The number of rotatable bonds is 1. The van der Waals surface area contributed by atoms with E-state index in [1.54, 1.807) is 0 Å². The molecule has 4 heteroatoms. The lowest BCUT2D eigenvalue weighted by Crippen LogP contribution is -1.86. The number of benzene rings is 1. The summed E-state index contributed by atoms with van der Waals surface area (Å²) in [7, 11) is 0. The van der Waals surface area contributed by atoms with Gasteiger partial charge in [0.2, 0.25) is 0 Å². The van der Waals surface area contributed by atoms with Gasteiger partial charge < -0.3 is 10.1 Å². The van der Waals surface area contributed by atoms with E-state index in [1.807, 2.05) is 41.1 Å². The zero-order chi connectivity index (χ0) is 12.7. The molecule has 3 rings (SSSR count). The van der Waals surface area contributed by atoms with Crippen molar-refractivity contribution in [3.05, 3.63) is 52.8 Å². The fourth-order valence-electron chi connectivity index (χ4n) is 2.02. The van der Waals surface area contributed by atoms with Crippen molar-refractivity contribution in [2.45, 2.75) is 6.92 Å². The van der Waals surface area contributed by atoms with Gasteiger partial charge in [-0.1, -0.05) is 12.1 Å². The number of nitrogens with two attached hydrogens (primary N) is 1. The molecule has 0 atom stereocenters. The predicted molar refractivity (Wildman–Crippen MR) is 77.5 cm³/mol. The number of anilines is 1.